The molecule has 8 nitrogen and oxygen atoms in total. The largest absolute Gasteiger partial charge is 0.497 e. The molecule has 0 radical (unpaired) electrons. The lowest BCUT2D eigenvalue weighted by atomic mass is 10.2. The molecule has 0 saturated heterocycles. The average molecular weight is 370 g/mol. The number of H-pyrrole nitrogens is 2. The molecular weight excluding hydrogens is 348 g/mol. The number of aromatic amines is 2. The molecule has 0 bridgehead atoms. The van der Waals surface area contributed by atoms with Gasteiger partial charge in [-0.3, -0.25) is 9.69 Å². The maximum Gasteiger partial charge on any atom is 0.323 e. The second kappa shape index (κ2) is 7.96. The number of amides is 1. The topological polar surface area (TPSA) is 99.5 Å². The first kappa shape index (κ1) is 18.5. The van der Waals surface area contributed by atoms with E-state index in [4.69, 9.17) is 9.47 Å². The van der Waals surface area contributed by atoms with Gasteiger partial charge in [-0.25, -0.2) is 4.79 Å². The number of hydrogen-bond donors (Lipinski definition) is 3. The SMILES string of the molecule is COc1ccc(CN(C)CC(=O)Nc2ccc3[nH]c(=O)[nH]c3c2)c(OC)c1. The van der Waals surface area contributed by atoms with Crippen LogP contribution < -0.4 is 20.5 Å². The third-order valence-electron chi connectivity index (χ3n) is 4.15. The standard InChI is InChI=1S/C19H22N4O4/c1-23(10-12-4-6-14(26-2)9-17(12)27-3)11-18(24)20-13-5-7-15-16(8-13)22-19(25)21-15/h4-9H,10-11H2,1-3H3,(H,20,24)(H2,21,22,25). The molecule has 0 aliphatic carbocycles. The van der Waals surface area contributed by atoms with E-state index in [0.29, 0.717) is 34.8 Å². The number of aromatic nitrogens is 2. The summed E-state index contributed by atoms with van der Waals surface area (Å²) in [7, 11) is 5.06. The van der Waals surface area contributed by atoms with Crippen molar-refractivity contribution >= 4 is 22.6 Å². The van der Waals surface area contributed by atoms with E-state index in [1.807, 2.05) is 30.1 Å². The van der Waals surface area contributed by atoms with Crippen molar-refractivity contribution in [3.05, 3.63) is 52.4 Å². The Labute approximate surface area is 156 Å². The highest BCUT2D eigenvalue weighted by Crippen LogP contribution is 2.25. The molecule has 8 heteroatoms. The van der Waals surface area contributed by atoms with Crippen molar-refractivity contribution < 1.29 is 14.3 Å². The van der Waals surface area contributed by atoms with E-state index in [-0.39, 0.29) is 18.1 Å². The molecule has 142 valence electrons. The predicted molar refractivity (Wildman–Crippen MR) is 103 cm³/mol. The normalized spacial score (nSPS) is 11.0. The van der Waals surface area contributed by atoms with E-state index in [2.05, 4.69) is 15.3 Å². The highest BCUT2D eigenvalue weighted by atomic mass is 16.5. The molecule has 0 saturated carbocycles. The Bertz CT molecular complexity index is 1010. The van der Waals surface area contributed by atoms with E-state index in [1.54, 1.807) is 32.4 Å². The molecule has 3 aromatic rings. The lowest BCUT2D eigenvalue weighted by molar-refractivity contribution is -0.117. The summed E-state index contributed by atoms with van der Waals surface area (Å²) in [6, 6.07) is 10.8. The molecule has 1 heterocycles. The molecule has 0 spiro atoms. The number of nitrogens with one attached hydrogen (secondary N) is 3. The summed E-state index contributed by atoms with van der Waals surface area (Å²) in [5.74, 6) is 1.28. The number of hydrogen-bond acceptors (Lipinski definition) is 5. The second-order valence-corrected chi connectivity index (χ2v) is 6.24. The number of anilines is 1. The maximum atomic E-state index is 12.3. The van der Waals surface area contributed by atoms with Crippen LogP contribution in [0.25, 0.3) is 11.0 Å². The van der Waals surface area contributed by atoms with E-state index in [1.165, 1.54) is 0 Å². The zero-order valence-corrected chi connectivity index (χ0v) is 15.5. The Morgan fingerprint density at radius 1 is 1.07 bits per heavy atom. The Hall–Kier alpha value is -3.26. The van der Waals surface area contributed by atoms with Gasteiger partial charge in [0.1, 0.15) is 11.5 Å². The van der Waals surface area contributed by atoms with Gasteiger partial charge >= 0.3 is 5.69 Å². The maximum absolute atomic E-state index is 12.3. The lowest BCUT2D eigenvalue weighted by Gasteiger charge is -2.18. The number of nitrogens with zero attached hydrogens (tertiary/aromatic N) is 1. The molecular formula is C19H22N4O4. The highest BCUT2D eigenvalue weighted by Gasteiger charge is 2.12. The number of carbonyl (C=O) groups is 1. The minimum atomic E-state index is -0.276. The zero-order chi connectivity index (χ0) is 19.4. The molecule has 0 fully saturated rings. The van der Waals surface area contributed by atoms with Crippen molar-refractivity contribution in [1.82, 2.24) is 14.9 Å². The second-order valence-electron chi connectivity index (χ2n) is 6.24. The van der Waals surface area contributed by atoms with E-state index >= 15 is 0 Å². The van der Waals surface area contributed by atoms with Crippen LogP contribution in [-0.4, -0.2) is 48.6 Å². The Morgan fingerprint density at radius 2 is 1.85 bits per heavy atom. The minimum absolute atomic E-state index is 0.151. The summed E-state index contributed by atoms with van der Waals surface area (Å²) in [6.45, 7) is 0.752. The Kier molecular flexibility index (Phi) is 5.46. The summed E-state index contributed by atoms with van der Waals surface area (Å²) < 4.78 is 10.6. The fraction of sp³-hybridized carbons (Fsp3) is 0.263. The molecule has 2 aromatic carbocycles. The number of methoxy groups -OCH3 is 2. The number of benzene rings is 2. The van der Waals surface area contributed by atoms with Gasteiger partial charge in [-0.05, 0) is 31.3 Å². The van der Waals surface area contributed by atoms with Crippen LogP contribution in [0, 0.1) is 0 Å². The summed E-state index contributed by atoms with van der Waals surface area (Å²) >= 11 is 0. The van der Waals surface area contributed by atoms with Crippen molar-refractivity contribution in [1.29, 1.82) is 0 Å². The van der Waals surface area contributed by atoms with Gasteiger partial charge in [-0.1, -0.05) is 6.07 Å². The summed E-state index contributed by atoms with van der Waals surface area (Å²) in [5, 5.41) is 2.84. The third kappa shape index (κ3) is 4.48. The van der Waals surface area contributed by atoms with E-state index in [0.717, 1.165) is 5.56 Å². The van der Waals surface area contributed by atoms with Crippen LogP contribution >= 0.6 is 0 Å². The highest BCUT2D eigenvalue weighted by molar-refractivity contribution is 5.94. The molecule has 0 aliphatic rings. The first-order valence-corrected chi connectivity index (χ1v) is 8.40. The molecule has 0 aliphatic heterocycles. The molecule has 1 aromatic heterocycles. The van der Waals surface area contributed by atoms with Crippen LogP contribution in [0.2, 0.25) is 0 Å². The minimum Gasteiger partial charge on any atom is -0.497 e. The fourth-order valence-corrected chi connectivity index (χ4v) is 2.89. The number of likely N-dealkylation sites (N-methyl/N-ethyl adjacent to an activating group) is 1. The van der Waals surface area contributed by atoms with Crippen LogP contribution in [0.4, 0.5) is 5.69 Å². The van der Waals surface area contributed by atoms with Crippen LogP contribution in [0.3, 0.4) is 0 Å². The van der Waals surface area contributed by atoms with Crippen molar-refractivity contribution in [3.8, 4) is 11.5 Å². The van der Waals surface area contributed by atoms with Crippen LogP contribution in [0.1, 0.15) is 5.56 Å². The first-order valence-electron chi connectivity index (χ1n) is 8.40. The van der Waals surface area contributed by atoms with Gasteiger partial charge in [0, 0.05) is 23.9 Å². The fourth-order valence-electron chi connectivity index (χ4n) is 2.89. The van der Waals surface area contributed by atoms with Gasteiger partial charge in [0.2, 0.25) is 5.91 Å². The van der Waals surface area contributed by atoms with Gasteiger partial charge in [0.25, 0.3) is 0 Å². The molecule has 0 unspecified atom stereocenters. The quantitative estimate of drug-likeness (QED) is 0.590. The van der Waals surface area contributed by atoms with Gasteiger partial charge in [-0.2, -0.15) is 0 Å². The van der Waals surface area contributed by atoms with E-state index < -0.39 is 0 Å². The predicted octanol–water partition coefficient (Wildman–Crippen LogP) is 1.94. The van der Waals surface area contributed by atoms with Crippen molar-refractivity contribution in [3.63, 3.8) is 0 Å². The van der Waals surface area contributed by atoms with Crippen LogP contribution in [-0.2, 0) is 11.3 Å². The first-order chi connectivity index (χ1) is 13.0. The Morgan fingerprint density at radius 3 is 2.59 bits per heavy atom. The number of ether oxygens (including phenoxy) is 2. The van der Waals surface area contributed by atoms with Gasteiger partial charge in [0.15, 0.2) is 0 Å². The van der Waals surface area contributed by atoms with Gasteiger partial charge < -0.3 is 24.8 Å². The number of rotatable bonds is 7. The molecule has 3 rings (SSSR count). The average Bonchev–Trinajstić information content (AvgIpc) is 3.01. The number of imidazole rings is 1. The number of carbonyl (C=O) groups excluding carboxylic acids is 1. The third-order valence-corrected chi connectivity index (χ3v) is 4.15. The molecule has 27 heavy (non-hydrogen) atoms. The van der Waals surface area contributed by atoms with Crippen molar-refractivity contribution in [2.75, 3.05) is 33.1 Å². The van der Waals surface area contributed by atoms with Crippen molar-refractivity contribution in [2.24, 2.45) is 0 Å². The van der Waals surface area contributed by atoms with Gasteiger partial charge in [0.05, 0.1) is 31.8 Å². The summed E-state index contributed by atoms with van der Waals surface area (Å²) in [4.78, 5) is 30.9. The van der Waals surface area contributed by atoms with Crippen LogP contribution in [0.5, 0.6) is 11.5 Å². The molecule has 1 amide bonds. The Balaban J connectivity index is 1.62. The smallest absolute Gasteiger partial charge is 0.323 e. The van der Waals surface area contributed by atoms with E-state index in [9.17, 15) is 9.59 Å². The number of fused-ring (bicyclic) bond motifs is 1. The zero-order valence-electron chi connectivity index (χ0n) is 15.5. The van der Waals surface area contributed by atoms with Crippen LogP contribution in [0.15, 0.2) is 41.2 Å². The summed E-state index contributed by atoms with van der Waals surface area (Å²) in [5.41, 5.74) is 2.65. The van der Waals surface area contributed by atoms with Crippen molar-refractivity contribution in [2.45, 2.75) is 6.54 Å². The summed E-state index contributed by atoms with van der Waals surface area (Å²) in [6.07, 6.45) is 0. The molecule has 3 N–H and O–H groups in total. The molecule has 0 atom stereocenters. The monoisotopic (exact) mass is 370 g/mol. The lowest BCUT2D eigenvalue weighted by Crippen LogP contribution is -2.30. The van der Waals surface area contributed by atoms with Gasteiger partial charge in [-0.15, -0.1) is 0 Å².